The lowest BCUT2D eigenvalue weighted by Gasteiger charge is -2.09. The largest absolute Gasteiger partial charge is 0.394 e. The fraction of sp³-hybridized carbons (Fsp3) is 0.364. The lowest BCUT2D eigenvalue weighted by molar-refractivity contribution is 0.266. The number of hydrogen-bond donors (Lipinski definition) is 2. The summed E-state index contributed by atoms with van der Waals surface area (Å²) >= 11 is 4.85. The second-order valence-electron chi connectivity index (χ2n) is 3.73. The molecular formula is C11H13BrN4O2S. The first-order chi connectivity index (χ1) is 9.22. The van der Waals surface area contributed by atoms with Crippen molar-refractivity contribution in [1.82, 2.24) is 14.8 Å². The molecule has 0 aliphatic heterocycles. The van der Waals surface area contributed by atoms with Crippen molar-refractivity contribution in [1.29, 1.82) is 0 Å². The molecule has 0 atom stereocenters. The van der Waals surface area contributed by atoms with Gasteiger partial charge in [0.2, 0.25) is 0 Å². The number of nitrogens with zero attached hydrogens (tertiary/aromatic N) is 3. The van der Waals surface area contributed by atoms with Gasteiger partial charge in [-0.05, 0) is 15.9 Å². The smallest absolute Gasteiger partial charge is 0.283 e. The molecule has 2 aromatic heterocycles. The van der Waals surface area contributed by atoms with Crippen LogP contribution in [0.15, 0.2) is 27.0 Å². The Kier molecular flexibility index (Phi) is 5.06. The van der Waals surface area contributed by atoms with Gasteiger partial charge in [-0.2, -0.15) is 5.10 Å². The number of nitrogens with one attached hydrogen (secondary N) is 1. The minimum absolute atomic E-state index is 0.115. The summed E-state index contributed by atoms with van der Waals surface area (Å²) in [7, 11) is 0. The lowest BCUT2D eigenvalue weighted by Crippen LogP contribution is -2.26. The third kappa shape index (κ3) is 3.62. The topological polar surface area (TPSA) is 80.0 Å². The van der Waals surface area contributed by atoms with Crippen molar-refractivity contribution < 1.29 is 5.11 Å². The van der Waals surface area contributed by atoms with Gasteiger partial charge in [0.1, 0.15) is 4.47 Å². The van der Waals surface area contributed by atoms with E-state index in [-0.39, 0.29) is 18.7 Å². The van der Waals surface area contributed by atoms with Crippen LogP contribution in [0.4, 0.5) is 5.69 Å². The van der Waals surface area contributed by atoms with E-state index < -0.39 is 0 Å². The van der Waals surface area contributed by atoms with Gasteiger partial charge in [0.15, 0.2) is 0 Å². The van der Waals surface area contributed by atoms with Crippen molar-refractivity contribution in [3.8, 4) is 0 Å². The highest BCUT2D eigenvalue weighted by Gasteiger charge is 2.08. The summed E-state index contributed by atoms with van der Waals surface area (Å²) in [5.74, 6) is 0. The third-order valence-electron chi connectivity index (χ3n) is 2.43. The molecule has 2 rings (SSSR count). The molecule has 0 saturated carbocycles. The number of aliphatic hydroxyl groups is 1. The predicted octanol–water partition coefficient (Wildman–Crippen LogP) is 1.11. The van der Waals surface area contributed by atoms with Crippen LogP contribution >= 0.6 is 27.3 Å². The monoisotopic (exact) mass is 344 g/mol. The van der Waals surface area contributed by atoms with Crippen molar-refractivity contribution >= 4 is 33.0 Å². The fourth-order valence-electron chi connectivity index (χ4n) is 1.52. The first kappa shape index (κ1) is 14.2. The predicted molar refractivity (Wildman–Crippen MR) is 77.6 cm³/mol. The molecule has 19 heavy (non-hydrogen) atoms. The van der Waals surface area contributed by atoms with Crippen LogP contribution in [0, 0.1) is 0 Å². The van der Waals surface area contributed by atoms with Crippen LogP contribution in [-0.2, 0) is 13.0 Å². The van der Waals surface area contributed by atoms with Gasteiger partial charge in [0, 0.05) is 24.5 Å². The molecule has 0 radical (unpaired) electrons. The average molecular weight is 345 g/mol. The molecule has 0 aromatic carbocycles. The third-order valence-corrected chi connectivity index (χ3v) is 4.04. The van der Waals surface area contributed by atoms with E-state index in [1.165, 1.54) is 4.68 Å². The zero-order valence-corrected chi connectivity index (χ0v) is 12.4. The van der Waals surface area contributed by atoms with Crippen LogP contribution in [0.2, 0.25) is 0 Å². The molecule has 2 N–H and O–H groups in total. The van der Waals surface area contributed by atoms with E-state index in [0.29, 0.717) is 16.7 Å². The van der Waals surface area contributed by atoms with E-state index in [4.69, 9.17) is 5.11 Å². The quantitative estimate of drug-likeness (QED) is 0.820. The summed E-state index contributed by atoms with van der Waals surface area (Å²) < 4.78 is 1.64. The molecule has 0 aliphatic carbocycles. The average Bonchev–Trinajstić information content (AvgIpc) is 2.91. The zero-order chi connectivity index (χ0) is 13.7. The molecule has 0 saturated heterocycles. The first-order valence-corrected chi connectivity index (χ1v) is 7.38. The molecular weight excluding hydrogens is 332 g/mol. The Morgan fingerprint density at radius 2 is 2.37 bits per heavy atom. The Morgan fingerprint density at radius 3 is 3.05 bits per heavy atom. The summed E-state index contributed by atoms with van der Waals surface area (Å²) in [4.78, 5) is 16.0. The van der Waals surface area contributed by atoms with E-state index in [0.717, 1.165) is 11.4 Å². The van der Waals surface area contributed by atoms with E-state index >= 15 is 0 Å². The standard InChI is InChI=1S/C11H13BrN4O2S/c12-10-8(7-15-16(4-5-17)11(10)18)13-2-1-9-14-3-6-19-9/h3,6-7,13,17H,1-2,4-5H2. The van der Waals surface area contributed by atoms with Gasteiger partial charge in [-0.25, -0.2) is 9.67 Å². The zero-order valence-electron chi connectivity index (χ0n) is 10.0. The minimum atomic E-state index is -0.256. The van der Waals surface area contributed by atoms with Crippen LogP contribution < -0.4 is 10.9 Å². The van der Waals surface area contributed by atoms with Gasteiger partial charge < -0.3 is 10.4 Å². The van der Waals surface area contributed by atoms with Crippen molar-refractivity contribution in [2.45, 2.75) is 13.0 Å². The van der Waals surface area contributed by atoms with Crippen LogP contribution in [0.3, 0.4) is 0 Å². The van der Waals surface area contributed by atoms with Gasteiger partial charge in [-0.1, -0.05) is 0 Å². The minimum Gasteiger partial charge on any atom is -0.394 e. The highest BCUT2D eigenvalue weighted by Crippen LogP contribution is 2.16. The fourth-order valence-corrected chi connectivity index (χ4v) is 2.59. The Morgan fingerprint density at radius 1 is 1.53 bits per heavy atom. The molecule has 0 bridgehead atoms. The Hall–Kier alpha value is -1.25. The maximum Gasteiger partial charge on any atom is 0.283 e. The number of hydrogen-bond acceptors (Lipinski definition) is 6. The van der Waals surface area contributed by atoms with E-state index in [1.54, 1.807) is 23.7 Å². The molecule has 0 aliphatic rings. The maximum absolute atomic E-state index is 11.9. The second-order valence-corrected chi connectivity index (χ2v) is 5.50. The molecule has 6 nitrogen and oxygen atoms in total. The molecule has 0 fully saturated rings. The van der Waals surface area contributed by atoms with Gasteiger partial charge >= 0.3 is 0 Å². The van der Waals surface area contributed by atoms with Crippen LogP contribution in [0.1, 0.15) is 5.01 Å². The van der Waals surface area contributed by atoms with Gasteiger partial charge in [0.05, 0.1) is 30.0 Å². The van der Waals surface area contributed by atoms with Crippen LogP contribution in [0.5, 0.6) is 0 Å². The van der Waals surface area contributed by atoms with Crippen molar-refractivity contribution in [2.24, 2.45) is 0 Å². The molecule has 2 heterocycles. The number of halogens is 1. The number of anilines is 1. The second kappa shape index (κ2) is 6.78. The number of aliphatic hydroxyl groups excluding tert-OH is 1. The Bertz CT molecular complexity index is 585. The van der Waals surface area contributed by atoms with Gasteiger partial charge in [0.25, 0.3) is 5.56 Å². The number of thiazole rings is 1. The van der Waals surface area contributed by atoms with Crippen molar-refractivity contribution in [3.63, 3.8) is 0 Å². The lowest BCUT2D eigenvalue weighted by atomic mass is 10.4. The van der Waals surface area contributed by atoms with E-state index in [1.807, 2.05) is 5.38 Å². The Balaban J connectivity index is 2.01. The normalized spacial score (nSPS) is 10.6. The summed E-state index contributed by atoms with van der Waals surface area (Å²) in [6.07, 6.45) is 4.14. The summed E-state index contributed by atoms with van der Waals surface area (Å²) in [5.41, 5.74) is 0.393. The van der Waals surface area contributed by atoms with Crippen LogP contribution in [-0.4, -0.2) is 33.0 Å². The first-order valence-electron chi connectivity index (χ1n) is 5.71. The van der Waals surface area contributed by atoms with Crippen molar-refractivity contribution in [3.05, 3.63) is 37.6 Å². The number of rotatable bonds is 6. The van der Waals surface area contributed by atoms with Gasteiger partial charge in [-0.3, -0.25) is 4.79 Å². The molecule has 102 valence electrons. The van der Waals surface area contributed by atoms with E-state index in [2.05, 4.69) is 31.3 Å². The number of aromatic nitrogens is 3. The highest BCUT2D eigenvalue weighted by atomic mass is 79.9. The summed E-state index contributed by atoms with van der Waals surface area (Å²) in [6.45, 7) is 0.754. The van der Waals surface area contributed by atoms with Crippen molar-refractivity contribution in [2.75, 3.05) is 18.5 Å². The maximum atomic E-state index is 11.9. The van der Waals surface area contributed by atoms with E-state index in [9.17, 15) is 4.79 Å². The molecule has 0 unspecified atom stereocenters. The molecule has 2 aromatic rings. The molecule has 0 amide bonds. The molecule has 0 spiro atoms. The highest BCUT2D eigenvalue weighted by molar-refractivity contribution is 9.10. The molecule has 8 heteroatoms. The Labute approximate surface area is 122 Å². The van der Waals surface area contributed by atoms with Crippen LogP contribution in [0.25, 0.3) is 0 Å². The summed E-state index contributed by atoms with van der Waals surface area (Å²) in [6, 6.07) is 0. The SMILES string of the molecule is O=c1c(Br)c(NCCc2nccs2)cnn1CCO. The van der Waals surface area contributed by atoms with Gasteiger partial charge in [-0.15, -0.1) is 11.3 Å². The summed E-state index contributed by atoms with van der Waals surface area (Å²) in [5, 5.41) is 18.9.